The summed E-state index contributed by atoms with van der Waals surface area (Å²) in [4.78, 5) is 53.9. The number of carbonyl (C=O) groups is 2. The molecule has 1 aromatic heterocycles. The van der Waals surface area contributed by atoms with Gasteiger partial charge in [-0.1, -0.05) is 43.7 Å². The molecule has 9 nitrogen and oxygen atoms in total. The molecular formula is C24H26FN5O4. The number of nitrogens with one attached hydrogen (secondary N) is 1. The first-order valence-electron chi connectivity index (χ1n) is 10.8. The zero-order chi connectivity index (χ0) is 24.8. The summed E-state index contributed by atoms with van der Waals surface area (Å²) >= 11 is 0. The van der Waals surface area contributed by atoms with Gasteiger partial charge in [0.05, 0.1) is 13.0 Å². The predicted octanol–water partition coefficient (Wildman–Crippen LogP) is 1.78. The molecule has 0 fully saturated rings. The van der Waals surface area contributed by atoms with E-state index in [9.17, 15) is 23.6 Å². The minimum Gasteiger partial charge on any atom is -0.383 e. The topological polar surface area (TPSA) is 144 Å². The molecule has 0 radical (unpaired) electrons. The molecule has 0 saturated carbocycles. The number of unbranched alkanes of at least 4 members (excludes halogenated alkanes) is 1. The monoisotopic (exact) mass is 467 g/mol. The summed E-state index contributed by atoms with van der Waals surface area (Å²) in [6.07, 6.45) is 1.25. The Morgan fingerprint density at radius 1 is 1.09 bits per heavy atom. The fourth-order valence-electron chi connectivity index (χ4n) is 3.51. The van der Waals surface area contributed by atoms with Gasteiger partial charge in [-0.25, -0.2) is 9.18 Å². The third kappa shape index (κ3) is 5.40. The van der Waals surface area contributed by atoms with Gasteiger partial charge in [-0.3, -0.25) is 23.9 Å². The number of carbonyl (C=O) groups excluding carboxylic acids is 2. The van der Waals surface area contributed by atoms with Crippen LogP contribution in [0.4, 0.5) is 15.9 Å². The number of rotatable bonds is 9. The van der Waals surface area contributed by atoms with Crippen molar-refractivity contribution in [2.24, 2.45) is 5.73 Å². The van der Waals surface area contributed by atoms with Crippen molar-refractivity contribution in [3.63, 3.8) is 0 Å². The van der Waals surface area contributed by atoms with Gasteiger partial charge in [-0.05, 0) is 30.2 Å². The zero-order valence-corrected chi connectivity index (χ0v) is 18.7. The SMILES string of the molecule is CCCCN(C(=O)Cc1ccc(C(N)=O)cc1)c1c(N)[nH]c(=O)n(Cc2ccccc2F)c1=O. The smallest absolute Gasteiger partial charge is 0.330 e. The number of hydrogen-bond donors (Lipinski definition) is 3. The van der Waals surface area contributed by atoms with Gasteiger partial charge >= 0.3 is 5.69 Å². The Morgan fingerprint density at radius 3 is 2.38 bits per heavy atom. The molecule has 2 amide bonds. The van der Waals surface area contributed by atoms with E-state index in [0.717, 1.165) is 11.0 Å². The van der Waals surface area contributed by atoms with Crippen molar-refractivity contribution in [2.75, 3.05) is 17.2 Å². The highest BCUT2D eigenvalue weighted by Crippen LogP contribution is 2.18. The molecule has 0 bridgehead atoms. The van der Waals surface area contributed by atoms with E-state index in [2.05, 4.69) is 4.98 Å². The Labute approximate surface area is 194 Å². The van der Waals surface area contributed by atoms with E-state index in [1.165, 1.54) is 35.2 Å². The van der Waals surface area contributed by atoms with Crippen molar-refractivity contribution in [2.45, 2.75) is 32.7 Å². The van der Waals surface area contributed by atoms with Crippen molar-refractivity contribution >= 4 is 23.3 Å². The number of hydrogen-bond acceptors (Lipinski definition) is 5. The third-order valence-electron chi connectivity index (χ3n) is 5.38. The second-order valence-corrected chi connectivity index (χ2v) is 7.81. The summed E-state index contributed by atoms with van der Waals surface area (Å²) in [6.45, 7) is 1.80. The maximum atomic E-state index is 14.1. The number of aromatic nitrogens is 2. The fourth-order valence-corrected chi connectivity index (χ4v) is 3.51. The van der Waals surface area contributed by atoms with Crippen LogP contribution < -0.4 is 27.6 Å². The summed E-state index contributed by atoms with van der Waals surface area (Å²) in [5.41, 5.74) is 10.5. The summed E-state index contributed by atoms with van der Waals surface area (Å²) in [5, 5.41) is 0. The highest BCUT2D eigenvalue weighted by Gasteiger charge is 2.24. The lowest BCUT2D eigenvalue weighted by Gasteiger charge is -2.24. The molecule has 178 valence electrons. The predicted molar refractivity (Wildman–Crippen MR) is 127 cm³/mol. The van der Waals surface area contributed by atoms with Gasteiger partial charge in [-0.15, -0.1) is 0 Å². The maximum Gasteiger partial charge on any atom is 0.330 e. The standard InChI is InChI=1S/C24H26FN5O4/c1-2-3-12-29(19(31)13-15-8-10-16(11-9-15)22(27)32)20-21(26)28-24(34)30(23(20)33)14-17-6-4-5-7-18(17)25/h4-11H,2-3,12-14,26H2,1H3,(H2,27,32)(H,28,34). The summed E-state index contributed by atoms with van der Waals surface area (Å²) < 4.78 is 15.0. The Kier molecular flexibility index (Phi) is 7.62. The van der Waals surface area contributed by atoms with E-state index < -0.39 is 28.9 Å². The summed E-state index contributed by atoms with van der Waals surface area (Å²) in [7, 11) is 0. The number of anilines is 2. The Morgan fingerprint density at radius 2 is 1.76 bits per heavy atom. The van der Waals surface area contributed by atoms with Gasteiger partial charge in [0.1, 0.15) is 11.6 Å². The molecule has 34 heavy (non-hydrogen) atoms. The normalized spacial score (nSPS) is 10.8. The van der Waals surface area contributed by atoms with E-state index in [1.807, 2.05) is 6.92 Å². The molecule has 0 aliphatic heterocycles. The van der Waals surface area contributed by atoms with E-state index >= 15 is 0 Å². The molecule has 0 unspecified atom stereocenters. The first kappa shape index (κ1) is 24.4. The summed E-state index contributed by atoms with van der Waals surface area (Å²) in [6, 6.07) is 12.0. The zero-order valence-electron chi connectivity index (χ0n) is 18.7. The van der Waals surface area contributed by atoms with Crippen LogP contribution >= 0.6 is 0 Å². The molecular weight excluding hydrogens is 441 g/mol. The Balaban J connectivity index is 2.00. The van der Waals surface area contributed by atoms with Crippen LogP contribution in [-0.2, 0) is 17.8 Å². The van der Waals surface area contributed by atoms with Gasteiger partial charge in [0.25, 0.3) is 5.56 Å². The van der Waals surface area contributed by atoms with Crippen LogP contribution in [0.5, 0.6) is 0 Å². The lowest BCUT2D eigenvalue weighted by molar-refractivity contribution is -0.118. The number of nitrogens with two attached hydrogens (primary N) is 2. The Bertz CT molecular complexity index is 1310. The van der Waals surface area contributed by atoms with Crippen LogP contribution in [-0.4, -0.2) is 27.9 Å². The van der Waals surface area contributed by atoms with E-state index in [0.29, 0.717) is 17.5 Å². The van der Waals surface area contributed by atoms with Crippen LogP contribution in [0.2, 0.25) is 0 Å². The van der Waals surface area contributed by atoms with Gasteiger partial charge in [0, 0.05) is 17.7 Å². The van der Waals surface area contributed by atoms with Crippen LogP contribution in [0.15, 0.2) is 58.1 Å². The number of halogens is 1. The van der Waals surface area contributed by atoms with Crippen molar-refractivity contribution in [1.29, 1.82) is 0 Å². The first-order valence-corrected chi connectivity index (χ1v) is 10.8. The lowest BCUT2D eigenvalue weighted by Crippen LogP contribution is -2.44. The first-order chi connectivity index (χ1) is 16.2. The number of H-pyrrole nitrogens is 1. The molecule has 3 aromatic rings. The van der Waals surface area contributed by atoms with Gasteiger partial charge in [-0.2, -0.15) is 0 Å². The van der Waals surface area contributed by atoms with Crippen LogP contribution in [0.25, 0.3) is 0 Å². The average molecular weight is 468 g/mol. The number of benzene rings is 2. The highest BCUT2D eigenvalue weighted by atomic mass is 19.1. The van der Waals surface area contributed by atoms with Crippen molar-refractivity contribution in [3.05, 3.63) is 91.9 Å². The molecule has 2 aromatic carbocycles. The Hall–Kier alpha value is -4.21. The van der Waals surface area contributed by atoms with Gasteiger partial charge < -0.3 is 16.4 Å². The molecule has 1 heterocycles. The van der Waals surface area contributed by atoms with E-state index in [-0.39, 0.29) is 36.6 Å². The van der Waals surface area contributed by atoms with Gasteiger partial charge in [0.2, 0.25) is 11.8 Å². The van der Waals surface area contributed by atoms with Crippen LogP contribution in [0.1, 0.15) is 41.3 Å². The van der Waals surface area contributed by atoms with Crippen molar-refractivity contribution in [3.8, 4) is 0 Å². The molecule has 0 aliphatic rings. The van der Waals surface area contributed by atoms with E-state index in [1.54, 1.807) is 18.2 Å². The van der Waals surface area contributed by atoms with Crippen molar-refractivity contribution < 1.29 is 14.0 Å². The average Bonchev–Trinajstić information content (AvgIpc) is 2.80. The number of nitrogen functional groups attached to an aromatic ring is 1. The number of amides is 2. The number of aromatic amines is 1. The maximum absolute atomic E-state index is 14.1. The third-order valence-corrected chi connectivity index (χ3v) is 5.38. The minimum absolute atomic E-state index is 0.0753. The molecule has 10 heteroatoms. The second kappa shape index (κ2) is 10.6. The van der Waals surface area contributed by atoms with Gasteiger partial charge in [0.15, 0.2) is 5.69 Å². The van der Waals surface area contributed by atoms with E-state index in [4.69, 9.17) is 11.5 Å². The number of nitrogens with zero attached hydrogens (tertiary/aromatic N) is 2. The number of primary amides is 1. The molecule has 0 spiro atoms. The molecule has 0 aliphatic carbocycles. The molecule has 0 atom stereocenters. The molecule has 5 N–H and O–H groups in total. The van der Waals surface area contributed by atoms with Crippen LogP contribution in [0.3, 0.4) is 0 Å². The molecule has 0 saturated heterocycles. The van der Waals surface area contributed by atoms with Crippen LogP contribution in [0, 0.1) is 5.82 Å². The lowest BCUT2D eigenvalue weighted by atomic mass is 10.1. The molecule has 3 rings (SSSR count). The second-order valence-electron chi connectivity index (χ2n) is 7.81. The quantitative estimate of drug-likeness (QED) is 0.439. The van der Waals surface area contributed by atoms with Crippen molar-refractivity contribution in [1.82, 2.24) is 9.55 Å². The fraction of sp³-hybridized carbons (Fsp3) is 0.250. The summed E-state index contributed by atoms with van der Waals surface area (Å²) in [5.74, 6) is -1.81. The highest BCUT2D eigenvalue weighted by molar-refractivity contribution is 5.97. The largest absolute Gasteiger partial charge is 0.383 e. The minimum atomic E-state index is -0.806.